The maximum absolute atomic E-state index is 13.5. The zero-order valence-electron chi connectivity index (χ0n) is 39.0. The van der Waals surface area contributed by atoms with Gasteiger partial charge in [0.05, 0.1) is 25.2 Å². The summed E-state index contributed by atoms with van der Waals surface area (Å²) in [6.07, 6.45) is 14.2. The average molecular weight is 831 g/mol. The lowest BCUT2D eigenvalue weighted by Crippen LogP contribution is -2.68. The van der Waals surface area contributed by atoms with E-state index in [0.29, 0.717) is 31.5 Å². The Hall–Kier alpha value is -2.99. The molecule has 3 aromatic carbocycles. The Morgan fingerprint density at radius 1 is 0.800 bits per heavy atom. The Kier molecular flexibility index (Phi) is 13.5. The molecule has 7 rings (SSSR count). The molecule has 0 aromatic heterocycles. The van der Waals surface area contributed by atoms with Crippen LogP contribution in [-0.2, 0) is 25.3 Å². The van der Waals surface area contributed by atoms with Crippen molar-refractivity contribution in [3.63, 3.8) is 0 Å². The van der Waals surface area contributed by atoms with Crippen LogP contribution in [0.25, 0.3) is 0 Å². The lowest BCUT2D eigenvalue weighted by Gasteiger charge is -2.59. The first-order chi connectivity index (χ1) is 28.5. The Morgan fingerprint density at radius 2 is 1.42 bits per heavy atom. The van der Waals surface area contributed by atoms with E-state index in [-0.39, 0.29) is 45.4 Å². The van der Waals surface area contributed by atoms with Crippen LogP contribution in [0.1, 0.15) is 139 Å². The Morgan fingerprint density at radius 3 is 2.00 bits per heavy atom. The van der Waals surface area contributed by atoms with E-state index in [1.807, 2.05) is 6.92 Å². The molecule has 326 valence electrons. The third kappa shape index (κ3) is 8.93. The number of benzene rings is 3. The molecule has 0 N–H and O–H groups in total. The van der Waals surface area contributed by atoms with Crippen LogP contribution in [-0.4, -0.2) is 33.1 Å². The minimum absolute atomic E-state index is 0.0125. The molecule has 3 fully saturated rings. The summed E-state index contributed by atoms with van der Waals surface area (Å²) in [5.41, 5.74) is 3.40. The molecule has 0 amide bonds. The van der Waals surface area contributed by atoms with E-state index in [9.17, 15) is 4.79 Å². The number of rotatable bonds is 14. The predicted molar refractivity (Wildman–Crippen MR) is 251 cm³/mol. The highest BCUT2D eigenvalue weighted by molar-refractivity contribution is 6.99. The van der Waals surface area contributed by atoms with Crippen molar-refractivity contribution in [2.24, 2.45) is 51.8 Å². The number of carbonyl (C=O) groups is 1. The lowest BCUT2D eigenvalue weighted by atomic mass is 9.47. The van der Waals surface area contributed by atoms with Gasteiger partial charge in [0.2, 0.25) is 0 Å². The highest BCUT2D eigenvalue weighted by atomic mass is 28.4. The lowest BCUT2D eigenvalue weighted by molar-refractivity contribution is -0.152. The van der Waals surface area contributed by atoms with Crippen LogP contribution in [0.15, 0.2) is 103 Å². The smallest absolute Gasteiger partial charge is 0.309 e. The standard InChI is InChI=1S/C55H78O4Si/c1-11-57-51(56)41(37-52(3,4)5)35-50(58-38-40-21-15-12-16-22-40)39(2)47-29-30-48-46-28-27-42-36-43(31-33-54(42,9)49(46)32-34-55(47,48)10)59-60(53(6,7)8,44-23-17-13-18-24-44)45-25-19-14-20-26-45/h12-27,39,41,43,46-50H,11,28-38H2,1-10H3/t39-,41+,43-,46-,47+,48-,49-,50-,54-,55+/m0/s1. The van der Waals surface area contributed by atoms with Gasteiger partial charge < -0.3 is 13.9 Å². The molecule has 3 saturated carbocycles. The van der Waals surface area contributed by atoms with Gasteiger partial charge in [-0.3, -0.25) is 4.79 Å². The maximum Gasteiger partial charge on any atom is 0.309 e. The molecule has 0 spiro atoms. The van der Waals surface area contributed by atoms with E-state index in [0.717, 1.165) is 37.0 Å². The second kappa shape index (κ2) is 18.0. The zero-order valence-corrected chi connectivity index (χ0v) is 40.0. The van der Waals surface area contributed by atoms with Gasteiger partial charge in [0, 0.05) is 6.10 Å². The summed E-state index contributed by atoms with van der Waals surface area (Å²) in [6.45, 7) is 24.6. The van der Waals surface area contributed by atoms with Crippen molar-refractivity contribution in [1.29, 1.82) is 0 Å². The molecule has 4 nitrogen and oxygen atoms in total. The molecule has 0 radical (unpaired) electrons. The summed E-state index contributed by atoms with van der Waals surface area (Å²) in [5, 5.41) is 2.74. The van der Waals surface area contributed by atoms with Gasteiger partial charge in [0.1, 0.15) is 0 Å². The summed E-state index contributed by atoms with van der Waals surface area (Å²) in [6, 6.07) is 33.0. The molecular formula is C55H78O4Si. The zero-order chi connectivity index (χ0) is 42.9. The first-order valence-electron chi connectivity index (χ1n) is 23.8. The number of allylic oxidation sites excluding steroid dienone is 1. The van der Waals surface area contributed by atoms with Crippen molar-refractivity contribution in [2.45, 2.75) is 157 Å². The van der Waals surface area contributed by atoms with Crippen molar-refractivity contribution >= 4 is 24.7 Å². The number of carbonyl (C=O) groups excluding carboxylic acids is 1. The fraction of sp³-hybridized carbons (Fsp3) is 0.618. The fourth-order valence-corrected chi connectivity index (χ4v) is 18.3. The van der Waals surface area contributed by atoms with Crippen molar-refractivity contribution in [1.82, 2.24) is 0 Å². The topological polar surface area (TPSA) is 44.8 Å². The van der Waals surface area contributed by atoms with E-state index in [4.69, 9.17) is 13.9 Å². The number of hydrogen-bond donors (Lipinski definition) is 0. The normalized spacial score (nSPS) is 29.6. The summed E-state index contributed by atoms with van der Waals surface area (Å²) in [4.78, 5) is 13.5. The van der Waals surface area contributed by atoms with Crippen LogP contribution in [0.3, 0.4) is 0 Å². The van der Waals surface area contributed by atoms with Gasteiger partial charge in [0.25, 0.3) is 8.32 Å². The Balaban J connectivity index is 1.11. The molecule has 5 heteroatoms. The summed E-state index contributed by atoms with van der Waals surface area (Å²) >= 11 is 0. The van der Waals surface area contributed by atoms with Crippen molar-refractivity contribution in [3.8, 4) is 0 Å². The highest BCUT2D eigenvalue weighted by Gasteiger charge is 2.60. The van der Waals surface area contributed by atoms with E-state index >= 15 is 0 Å². The Bertz CT molecular complexity index is 1860. The first-order valence-corrected chi connectivity index (χ1v) is 25.7. The second-order valence-corrected chi connectivity index (χ2v) is 26.5. The van der Waals surface area contributed by atoms with E-state index < -0.39 is 8.32 Å². The van der Waals surface area contributed by atoms with E-state index in [2.05, 4.69) is 159 Å². The molecular weight excluding hydrogens is 753 g/mol. The molecule has 4 aliphatic carbocycles. The molecule has 0 aliphatic heterocycles. The SMILES string of the molecule is CCOC(=O)[C@H](C[C@H](OCc1ccccc1)[C@@H](C)[C@H]1CC[C@H]2[C@@H]3CC=C4C[C@@H](O[Si](c5ccccc5)(c5ccccc5)C(C)(C)C)CC[C@]4(C)[C@H]3CC[C@]12C)CC(C)(C)C. The second-order valence-electron chi connectivity index (χ2n) is 22.3. The molecule has 0 unspecified atom stereocenters. The molecule has 3 aromatic rings. The van der Waals surface area contributed by atoms with Gasteiger partial charge >= 0.3 is 5.97 Å². The van der Waals surface area contributed by atoms with Crippen LogP contribution in [0, 0.1) is 51.8 Å². The number of hydrogen-bond acceptors (Lipinski definition) is 4. The van der Waals surface area contributed by atoms with Gasteiger partial charge in [-0.1, -0.05) is 165 Å². The first kappa shape index (κ1) is 45.0. The van der Waals surface area contributed by atoms with Gasteiger partial charge in [-0.05, 0) is 138 Å². The quantitative estimate of drug-likeness (QED) is 0.0922. The highest BCUT2D eigenvalue weighted by Crippen LogP contribution is 2.67. The number of fused-ring (bicyclic) bond motifs is 5. The third-order valence-corrected chi connectivity index (χ3v) is 21.5. The molecule has 0 heterocycles. The van der Waals surface area contributed by atoms with Crippen LogP contribution < -0.4 is 10.4 Å². The average Bonchev–Trinajstić information content (AvgIpc) is 3.58. The molecule has 60 heavy (non-hydrogen) atoms. The summed E-state index contributed by atoms with van der Waals surface area (Å²) in [5.74, 6) is 2.84. The van der Waals surface area contributed by atoms with Crippen LogP contribution >= 0.6 is 0 Å². The monoisotopic (exact) mass is 831 g/mol. The van der Waals surface area contributed by atoms with Crippen molar-refractivity contribution < 1.29 is 18.7 Å². The minimum Gasteiger partial charge on any atom is -0.466 e. The van der Waals surface area contributed by atoms with Gasteiger partial charge in [-0.25, -0.2) is 0 Å². The number of ether oxygens (including phenoxy) is 2. The van der Waals surface area contributed by atoms with E-state index in [1.165, 1.54) is 54.5 Å². The summed E-state index contributed by atoms with van der Waals surface area (Å²) in [7, 11) is -2.63. The molecule has 4 aliphatic rings. The van der Waals surface area contributed by atoms with Gasteiger partial charge in [-0.15, -0.1) is 0 Å². The Labute approximate surface area is 365 Å². The molecule has 10 atom stereocenters. The van der Waals surface area contributed by atoms with Crippen molar-refractivity contribution in [3.05, 3.63) is 108 Å². The maximum atomic E-state index is 13.5. The summed E-state index contributed by atoms with van der Waals surface area (Å²) < 4.78 is 20.5. The molecule has 0 bridgehead atoms. The number of esters is 1. The largest absolute Gasteiger partial charge is 0.466 e. The van der Waals surface area contributed by atoms with Gasteiger partial charge in [-0.2, -0.15) is 0 Å². The van der Waals surface area contributed by atoms with Gasteiger partial charge in [0.15, 0.2) is 0 Å². The predicted octanol–water partition coefficient (Wildman–Crippen LogP) is 12.7. The van der Waals surface area contributed by atoms with Crippen LogP contribution in [0.2, 0.25) is 5.04 Å². The van der Waals surface area contributed by atoms with E-state index in [1.54, 1.807) is 5.57 Å². The third-order valence-electron chi connectivity index (χ3n) is 16.4. The minimum atomic E-state index is -2.63. The van der Waals surface area contributed by atoms with Crippen LogP contribution in [0.4, 0.5) is 0 Å². The van der Waals surface area contributed by atoms with Crippen LogP contribution in [0.5, 0.6) is 0 Å². The fourth-order valence-electron chi connectivity index (χ4n) is 13.6. The molecule has 0 saturated heterocycles. The van der Waals surface area contributed by atoms with Crippen molar-refractivity contribution in [2.75, 3.05) is 6.61 Å².